The van der Waals surface area contributed by atoms with E-state index >= 15 is 0 Å². The van der Waals surface area contributed by atoms with Crippen molar-refractivity contribution >= 4 is 5.70 Å². The van der Waals surface area contributed by atoms with Crippen molar-refractivity contribution in [3.8, 4) is 11.5 Å². The molecule has 3 aromatic carbocycles. The summed E-state index contributed by atoms with van der Waals surface area (Å²) in [4.78, 5) is 2.42. The van der Waals surface area contributed by atoms with Gasteiger partial charge in [-0.05, 0) is 74.9 Å². The molecule has 3 aromatic rings. The first kappa shape index (κ1) is 29.5. The van der Waals surface area contributed by atoms with Crippen LogP contribution in [0.2, 0.25) is 0 Å². The number of benzene rings is 3. The molecule has 0 saturated carbocycles. The van der Waals surface area contributed by atoms with Crippen LogP contribution in [0, 0.1) is 0 Å². The van der Waals surface area contributed by atoms with Crippen LogP contribution in [0.1, 0.15) is 73.9 Å². The van der Waals surface area contributed by atoms with E-state index in [-0.39, 0.29) is 18.3 Å². The minimum Gasteiger partial charge on any atom is -0.498 e. The highest BCUT2D eigenvalue weighted by Crippen LogP contribution is 2.47. The van der Waals surface area contributed by atoms with Gasteiger partial charge in [0.25, 0.3) is 0 Å². The normalized spacial score (nSPS) is 18.6. The van der Waals surface area contributed by atoms with Gasteiger partial charge in [-0.2, -0.15) is 0 Å². The quantitative estimate of drug-likeness (QED) is 0.271. The summed E-state index contributed by atoms with van der Waals surface area (Å²) in [5.74, 6) is 2.98. The van der Waals surface area contributed by atoms with E-state index < -0.39 is 0 Å². The molecular weight excluding hydrogens is 558 g/mol. The molecule has 0 spiro atoms. The molecule has 5 heteroatoms. The lowest BCUT2D eigenvalue weighted by Crippen LogP contribution is -2.34. The summed E-state index contributed by atoms with van der Waals surface area (Å²) in [5.41, 5.74) is 12.6. The fourth-order valence-electron chi connectivity index (χ4n) is 6.77. The molecule has 1 aliphatic carbocycles. The molecule has 0 aromatic heterocycles. The van der Waals surface area contributed by atoms with Gasteiger partial charge in [-0.25, -0.2) is 0 Å². The average molecular weight is 602 g/mol. The van der Waals surface area contributed by atoms with Gasteiger partial charge in [-0.1, -0.05) is 89.2 Å². The van der Waals surface area contributed by atoms with E-state index in [1.54, 1.807) is 7.11 Å². The Balaban J connectivity index is 1.29. The van der Waals surface area contributed by atoms with Gasteiger partial charge in [-0.15, -0.1) is 0 Å². The van der Waals surface area contributed by atoms with Gasteiger partial charge in [0.15, 0.2) is 11.5 Å². The number of allylic oxidation sites excluding steroid dienone is 3. The largest absolute Gasteiger partial charge is 0.498 e. The second-order valence-electron chi connectivity index (χ2n) is 13.8. The highest BCUT2D eigenvalue weighted by Gasteiger charge is 2.37. The average Bonchev–Trinajstić information content (AvgIpc) is 3.49. The number of rotatable bonds is 7. The van der Waals surface area contributed by atoms with Crippen LogP contribution in [0.25, 0.3) is 5.70 Å². The SMILES string of the molecule is COC1=CC=C2C(=CN3CCc4cc5c(cc4C3=C2Cc2ccc(C(C)(C)C)cc2)OCO5)C1OCc1ccc(C(C)C)cc1. The van der Waals surface area contributed by atoms with Crippen LogP contribution in [0.5, 0.6) is 11.5 Å². The van der Waals surface area contributed by atoms with E-state index in [0.717, 1.165) is 47.8 Å². The van der Waals surface area contributed by atoms with E-state index in [9.17, 15) is 0 Å². The monoisotopic (exact) mass is 601 g/mol. The van der Waals surface area contributed by atoms with Crippen LogP contribution >= 0.6 is 0 Å². The summed E-state index contributed by atoms with van der Waals surface area (Å²) in [6, 6.07) is 22.2. The van der Waals surface area contributed by atoms with Gasteiger partial charge in [0, 0.05) is 30.3 Å². The number of methoxy groups -OCH3 is 1. The minimum absolute atomic E-state index is 0.107. The van der Waals surface area contributed by atoms with Crippen molar-refractivity contribution < 1.29 is 18.9 Å². The van der Waals surface area contributed by atoms with E-state index in [1.807, 2.05) is 0 Å². The predicted molar refractivity (Wildman–Crippen MR) is 179 cm³/mol. The Kier molecular flexibility index (Phi) is 7.61. The number of hydrogen-bond donors (Lipinski definition) is 0. The molecule has 1 atom stereocenters. The topological polar surface area (TPSA) is 40.2 Å². The van der Waals surface area contributed by atoms with Crippen molar-refractivity contribution in [1.29, 1.82) is 0 Å². The van der Waals surface area contributed by atoms with E-state index in [4.69, 9.17) is 18.9 Å². The van der Waals surface area contributed by atoms with Crippen LogP contribution in [-0.4, -0.2) is 31.5 Å². The summed E-state index contributed by atoms with van der Waals surface area (Å²) in [5, 5.41) is 0. The van der Waals surface area contributed by atoms with Crippen molar-refractivity contribution in [3.63, 3.8) is 0 Å². The second-order valence-corrected chi connectivity index (χ2v) is 13.8. The van der Waals surface area contributed by atoms with Crippen LogP contribution in [0.15, 0.2) is 101 Å². The maximum absolute atomic E-state index is 6.72. The summed E-state index contributed by atoms with van der Waals surface area (Å²) in [7, 11) is 1.74. The Morgan fingerprint density at radius 3 is 2.31 bits per heavy atom. The van der Waals surface area contributed by atoms with Gasteiger partial charge in [0.05, 0.1) is 19.4 Å². The third-order valence-electron chi connectivity index (χ3n) is 9.43. The third-order valence-corrected chi connectivity index (χ3v) is 9.43. The summed E-state index contributed by atoms with van der Waals surface area (Å²) in [6.07, 6.45) is 8.00. The molecule has 7 rings (SSSR count). The van der Waals surface area contributed by atoms with Crippen molar-refractivity contribution in [2.24, 2.45) is 0 Å². The molecule has 45 heavy (non-hydrogen) atoms. The van der Waals surface area contributed by atoms with Crippen molar-refractivity contribution in [2.45, 2.75) is 71.5 Å². The van der Waals surface area contributed by atoms with E-state index in [1.165, 1.54) is 44.7 Å². The van der Waals surface area contributed by atoms with Crippen LogP contribution in [0.3, 0.4) is 0 Å². The first-order valence-electron chi connectivity index (χ1n) is 16.1. The Labute approximate surface area is 267 Å². The standard InChI is InChI=1S/C40H43NO4/c1-25(2)28-11-7-27(8-12-28)23-43-39-34-22-41-18-17-29-20-36-37(45-24-44-36)21-32(29)38(41)33(31(34)15-16-35(39)42-6)19-26-9-13-30(14-10-26)40(3,4)5/h7-16,20-22,25,39H,17-19,23-24H2,1-6H3. The van der Waals surface area contributed by atoms with E-state index in [0.29, 0.717) is 12.5 Å². The molecule has 0 N–H and O–H groups in total. The van der Waals surface area contributed by atoms with Crippen LogP contribution in [-0.2, 0) is 34.3 Å². The molecular formula is C40H43NO4. The van der Waals surface area contributed by atoms with E-state index in [2.05, 4.69) is 119 Å². The van der Waals surface area contributed by atoms with Gasteiger partial charge in [-0.3, -0.25) is 0 Å². The Morgan fingerprint density at radius 2 is 1.62 bits per heavy atom. The van der Waals surface area contributed by atoms with Crippen molar-refractivity contribution in [3.05, 3.63) is 135 Å². The number of ether oxygens (including phenoxy) is 4. The second kappa shape index (κ2) is 11.6. The zero-order chi connectivity index (χ0) is 31.3. The Bertz CT molecular complexity index is 1730. The van der Waals surface area contributed by atoms with Crippen LogP contribution in [0.4, 0.5) is 0 Å². The van der Waals surface area contributed by atoms with Crippen LogP contribution < -0.4 is 9.47 Å². The molecule has 0 bridgehead atoms. The Hall–Kier alpha value is -4.22. The lowest BCUT2D eigenvalue weighted by atomic mass is 9.79. The van der Waals surface area contributed by atoms with Gasteiger partial charge in [0.1, 0.15) is 11.9 Å². The number of hydrogen-bond acceptors (Lipinski definition) is 5. The van der Waals surface area contributed by atoms with Gasteiger partial charge in [0.2, 0.25) is 6.79 Å². The maximum Gasteiger partial charge on any atom is 0.231 e. The number of fused-ring (bicyclic) bond motifs is 5. The molecule has 5 nitrogen and oxygen atoms in total. The third kappa shape index (κ3) is 5.59. The maximum atomic E-state index is 6.72. The number of nitrogens with zero attached hydrogens (tertiary/aromatic N) is 1. The molecule has 0 saturated heterocycles. The van der Waals surface area contributed by atoms with Gasteiger partial charge < -0.3 is 23.8 Å². The summed E-state index contributed by atoms with van der Waals surface area (Å²) < 4.78 is 24.2. The lowest BCUT2D eigenvalue weighted by molar-refractivity contribution is 0.0495. The molecule has 232 valence electrons. The van der Waals surface area contributed by atoms with Gasteiger partial charge >= 0.3 is 0 Å². The molecule has 0 radical (unpaired) electrons. The Morgan fingerprint density at radius 1 is 0.911 bits per heavy atom. The van der Waals surface area contributed by atoms with Crippen molar-refractivity contribution in [1.82, 2.24) is 4.90 Å². The molecule has 0 fully saturated rings. The highest BCUT2D eigenvalue weighted by atomic mass is 16.7. The summed E-state index contributed by atoms with van der Waals surface area (Å²) in [6.45, 7) is 12.9. The molecule has 4 aliphatic rings. The molecule has 3 heterocycles. The zero-order valence-electron chi connectivity index (χ0n) is 27.3. The fraction of sp³-hybridized carbons (Fsp3) is 0.350. The fourth-order valence-corrected chi connectivity index (χ4v) is 6.77. The molecule has 1 unspecified atom stereocenters. The lowest BCUT2D eigenvalue weighted by Gasteiger charge is -2.40. The van der Waals surface area contributed by atoms with Crippen molar-refractivity contribution in [2.75, 3.05) is 20.4 Å². The minimum atomic E-state index is -0.308. The highest BCUT2D eigenvalue weighted by molar-refractivity contribution is 5.82. The predicted octanol–water partition coefficient (Wildman–Crippen LogP) is 8.60. The smallest absolute Gasteiger partial charge is 0.231 e. The molecule has 0 amide bonds. The summed E-state index contributed by atoms with van der Waals surface area (Å²) >= 11 is 0. The molecule has 3 aliphatic heterocycles. The first-order valence-corrected chi connectivity index (χ1v) is 16.1. The zero-order valence-corrected chi connectivity index (χ0v) is 27.3. The first-order chi connectivity index (χ1) is 21.7.